The normalized spacial score (nSPS) is 15.3. The third kappa shape index (κ3) is 4.28. The third-order valence-electron chi connectivity index (χ3n) is 5.12. The average Bonchev–Trinajstić information content (AvgIpc) is 2.79. The number of amides is 1. The maximum Gasteiger partial charge on any atom is 0.254 e. The molecule has 1 aliphatic heterocycles. The van der Waals surface area contributed by atoms with Crippen LogP contribution < -0.4 is 14.2 Å². The number of benzene rings is 2. The van der Waals surface area contributed by atoms with Crippen molar-refractivity contribution in [3.63, 3.8) is 0 Å². The number of ether oxygens (including phenoxy) is 3. The smallest absolute Gasteiger partial charge is 0.254 e. The monoisotopic (exact) mass is 395 g/mol. The lowest BCUT2D eigenvalue weighted by atomic mass is 10.1. The molecule has 1 heterocycles. The van der Waals surface area contributed by atoms with Crippen LogP contribution in [0.1, 0.15) is 22.0 Å². The summed E-state index contributed by atoms with van der Waals surface area (Å²) < 4.78 is 16.0. The van der Waals surface area contributed by atoms with Gasteiger partial charge in [0, 0.05) is 31.7 Å². The number of rotatable bonds is 6. The molecule has 0 saturated carbocycles. The fourth-order valence-corrected chi connectivity index (χ4v) is 3.57. The molecule has 2 aromatic carbocycles. The molecule has 1 fully saturated rings. The summed E-state index contributed by atoms with van der Waals surface area (Å²) in [7, 11) is 4.57. The van der Waals surface area contributed by atoms with Crippen molar-refractivity contribution in [3.8, 4) is 23.3 Å². The molecule has 0 radical (unpaired) electrons. The molecular weight excluding hydrogens is 370 g/mol. The molecule has 1 amide bonds. The van der Waals surface area contributed by atoms with E-state index < -0.39 is 0 Å². The molecule has 0 aromatic heterocycles. The Labute approximate surface area is 171 Å². The molecule has 0 spiro atoms. The highest BCUT2D eigenvalue weighted by molar-refractivity contribution is 5.95. The molecule has 1 atom stereocenters. The van der Waals surface area contributed by atoms with E-state index in [2.05, 4.69) is 11.0 Å². The van der Waals surface area contributed by atoms with Crippen LogP contribution in [0.25, 0.3) is 0 Å². The van der Waals surface area contributed by atoms with Gasteiger partial charge < -0.3 is 19.1 Å². The van der Waals surface area contributed by atoms with E-state index in [0.717, 1.165) is 5.56 Å². The van der Waals surface area contributed by atoms with Gasteiger partial charge in [-0.1, -0.05) is 30.3 Å². The van der Waals surface area contributed by atoms with E-state index in [4.69, 9.17) is 14.2 Å². The van der Waals surface area contributed by atoms with Crippen molar-refractivity contribution in [2.45, 2.75) is 6.04 Å². The predicted octanol–water partition coefficient (Wildman–Crippen LogP) is 2.74. The maximum absolute atomic E-state index is 13.0. The minimum Gasteiger partial charge on any atom is -0.493 e. The Morgan fingerprint density at radius 2 is 1.55 bits per heavy atom. The van der Waals surface area contributed by atoms with Crippen molar-refractivity contribution in [2.24, 2.45) is 0 Å². The van der Waals surface area contributed by atoms with E-state index in [9.17, 15) is 10.1 Å². The van der Waals surface area contributed by atoms with Crippen molar-refractivity contribution in [2.75, 3.05) is 47.5 Å². The quantitative estimate of drug-likeness (QED) is 0.749. The number of carbonyl (C=O) groups excluding carboxylic acids is 1. The Morgan fingerprint density at radius 3 is 2.03 bits per heavy atom. The summed E-state index contributed by atoms with van der Waals surface area (Å²) >= 11 is 0. The van der Waals surface area contributed by atoms with Crippen molar-refractivity contribution in [1.29, 1.82) is 5.26 Å². The Bertz CT molecular complexity index is 862. The van der Waals surface area contributed by atoms with Gasteiger partial charge >= 0.3 is 0 Å². The van der Waals surface area contributed by atoms with Crippen molar-refractivity contribution >= 4 is 5.91 Å². The molecule has 29 heavy (non-hydrogen) atoms. The van der Waals surface area contributed by atoms with Crippen molar-refractivity contribution < 1.29 is 19.0 Å². The van der Waals surface area contributed by atoms with E-state index >= 15 is 0 Å². The number of carbonyl (C=O) groups is 1. The van der Waals surface area contributed by atoms with Crippen LogP contribution in [0, 0.1) is 11.3 Å². The first kappa shape index (κ1) is 20.5. The summed E-state index contributed by atoms with van der Waals surface area (Å²) in [5, 5.41) is 9.64. The highest BCUT2D eigenvalue weighted by Crippen LogP contribution is 2.38. The maximum atomic E-state index is 13.0. The fraction of sp³-hybridized carbons (Fsp3) is 0.364. The van der Waals surface area contributed by atoms with Crippen molar-refractivity contribution in [3.05, 3.63) is 53.6 Å². The van der Waals surface area contributed by atoms with Gasteiger partial charge in [0.1, 0.15) is 6.04 Å². The molecule has 0 aliphatic carbocycles. The number of nitriles is 1. The fourth-order valence-electron chi connectivity index (χ4n) is 3.57. The van der Waals surface area contributed by atoms with E-state index in [-0.39, 0.29) is 11.9 Å². The van der Waals surface area contributed by atoms with Crippen molar-refractivity contribution in [1.82, 2.24) is 9.80 Å². The zero-order valence-corrected chi connectivity index (χ0v) is 16.9. The zero-order chi connectivity index (χ0) is 20.8. The van der Waals surface area contributed by atoms with Gasteiger partial charge in [0.05, 0.1) is 27.4 Å². The summed E-state index contributed by atoms with van der Waals surface area (Å²) in [5.41, 5.74) is 1.45. The molecule has 0 N–H and O–H groups in total. The van der Waals surface area contributed by atoms with Crippen LogP contribution in [0.15, 0.2) is 42.5 Å². The van der Waals surface area contributed by atoms with E-state index in [1.165, 1.54) is 21.3 Å². The summed E-state index contributed by atoms with van der Waals surface area (Å²) in [6.45, 7) is 2.34. The minimum atomic E-state index is -0.311. The molecule has 2 aromatic rings. The van der Waals surface area contributed by atoms with Crippen LogP contribution in [0.4, 0.5) is 0 Å². The number of methoxy groups -OCH3 is 3. The van der Waals surface area contributed by atoms with Crippen LogP contribution in [0.2, 0.25) is 0 Å². The molecule has 1 aliphatic rings. The van der Waals surface area contributed by atoms with Gasteiger partial charge in [-0.2, -0.15) is 5.26 Å². The third-order valence-corrected chi connectivity index (χ3v) is 5.12. The van der Waals surface area contributed by atoms with Crippen LogP contribution in [0.5, 0.6) is 17.2 Å². The number of piperazine rings is 1. The lowest BCUT2D eigenvalue weighted by Gasteiger charge is -2.37. The van der Waals surface area contributed by atoms with Gasteiger partial charge in [-0.25, -0.2) is 0 Å². The Hall–Kier alpha value is -3.24. The first-order chi connectivity index (χ1) is 14.1. The lowest BCUT2D eigenvalue weighted by Crippen LogP contribution is -2.49. The molecular formula is C22H25N3O4. The first-order valence-corrected chi connectivity index (χ1v) is 9.40. The summed E-state index contributed by atoms with van der Waals surface area (Å²) in [6.07, 6.45) is 0. The number of hydrogen-bond acceptors (Lipinski definition) is 6. The predicted molar refractivity (Wildman–Crippen MR) is 108 cm³/mol. The van der Waals surface area contributed by atoms with Gasteiger partial charge in [-0.3, -0.25) is 9.69 Å². The molecule has 1 saturated heterocycles. The summed E-state index contributed by atoms with van der Waals surface area (Å²) in [5.74, 6) is 1.25. The van der Waals surface area contributed by atoms with Gasteiger partial charge in [-0.05, 0) is 17.7 Å². The molecule has 0 bridgehead atoms. The van der Waals surface area contributed by atoms with Gasteiger partial charge in [-0.15, -0.1) is 0 Å². The standard InChI is InChI=1S/C22H25N3O4/c1-27-19-13-17(14-20(28-2)21(19)29-3)22(26)25-11-9-24(10-12-25)18(15-23)16-7-5-4-6-8-16/h4-8,13-14,18H,9-12H2,1-3H3/t18-/m0/s1. The summed E-state index contributed by atoms with van der Waals surface area (Å²) in [6, 6.07) is 15.1. The molecule has 0 unspecified atom stereocenters. The Morgan fingerprint density at radius 1 is 0.966 bits per heavy atom. The van der Waals surface area contributed by atoms with Crippen LogP contribution >= 0.6 is 0 Å². The topological polar surface area (TPSA) is 75.0 Å². The highest BCUT2D eigenvalue weighted by Gasteiger charge is 2.28. The summed E-state index contributed by atoms with van der Waals surface area (Å²) in [4.78, 5) is 16.9. The second-order valence-electron chi connectivity index (χ2n) is 6.68. The van der Waals surface area contributed by atoms with Crippen LogP contribution in [0.3, 0.4) is 0 Å². The van der Waals surface area contributed by atoms with Crippen LogP contribution in [-0.4, -0.2) is 63.2 Å². The molecule has 3 rings (SSSR count). The SMILES string of the molecule is COc1cc(C(=O)N2CCN([C@@H](C#N)c3ccccc3)CC2)cc(OC)c1OC. The largest absolute Gasteiger partial charge is 0.493 e. The van der Waals surface area contributed by atoms with E-state index in [0.29, 0.717) is 49.0 Å². The number of hydrogen-bond donors (Lipinski definition) is 0. The molecule has 7 nitrogen and oxygen atoms in total. The first-order valence-electron chi connectivity index (χ1n) is 9.40. The van der Waals surface area contributed by atoms with E-state index in [1.54, 1.807) is 17.0 Å². The van der Waals surface area contributed by atoms with Gasteiger partial charge in [0.25, 0.3) is 5.91 Å². The molecule has 152 valence electrons. The van der Waals surface area contributed by atoms with Gasteiger partial charge in [0.2, 0.25) is 5.75 Å². The highest BCUT2D eigenvalue weighted by atomic mass is 16.5. The average molecular weight is 395 g/mol. The minimum absolute atomic E-state index is 0.0999. The Kier molecular flexibility index (Phi) is 6.57. The van der Waals surface area contributed by atoms with E-state index in [1.807, 2.05) is 30.3 Å². The lowest BCUT2D eigenvalue weighted by molar-refractivity contribution is 0.0605. The zero-order valence-electron chi connectivity index (χ0n) is 16.9. The number of nitrogens with zero attached hydrogens (tertiary/aromatic N) is 3. The molecule has 7 heteroatoms. The van der Waals surface area contributed by atoms with Crippen LogP contribution in [-0.2, 0) is 0 Å². The second kappa shape index (κ2) is 9.30. The van der Waals surface area contributed by atoms with Gasteiger partial charge in [0.15, 0.2) is 11.5 Å². The Balaban J connectivity index is 1.73. The second-order valence-corrected chi connectivity index (χ2v) is 6.68.